The number of nitrogens with zero attached hydrogens (tertiary/aromatic N) is 1. The number of pyridine rings is 1. The van der Waals surface area contributed by atoms with Crippen molar-refractivity contribution in [3.05, 3.63) is 23.5 Å². The molecule has 0 spiro atoms. The Morgan fingerprint density at radius 1 is 1.53 bits per heavy atom. The lowest BCUT2D eigenvalue weighted by molar-refractivity contribution is -0.124. The van der Waals surface area contributed by atoms with Gasteiger partial charge in [0.05, 0.1) is 0 Å². The third kappa shape index (κ3) is 3.17. The molecule has 0 aromatic carbocycles. The summed E-state index contributed by atoms with van der Waals surface area (Å²) in [5, 5.41) is 8.96. The maximum Gasteiger partial charge on any atom is 0.358 e. The number of carbonyl (C=O) groups is 2. The van der Waals surface area contributed by atoms with Crippen LogP contribution in [0.15, 0.2) is 12.1 Å². The Hall–Kier alpha value is -2.11. The van der Waals surface area contributed by atoms with Crippen LogP contribution in [0.3, 0.4) is 0 Å². The van der Waals surface area contributed by atoms with Crippen molar-refractivity contribution in [2.45, 2.75) is 26.4 Å². The van der Waals surface area contributed by atoms with Crippen molar-refractivity contribution in [2.24, 2.45) is 5.73 Å². The number of carboxylic acid groups (broad SMARTS) is 1. The molecule has 1 aromatic heterocycles. The molecular formula is C11H14N2O4. The molecule has 0 radical (unpaired) electrons. The summed E-state index contributed by atoms with van der Waals surface area (Å²) in [6.45, 7) is 3.39. The van der Waals surface area contributed by atoms with Crippen molar-refractivity contribution in [2.75, 3.05) is 0 Å². The maximum atomic E-state index is 11.0. The number of hydrogen-bond donors (Lipinski definition) is 2. The summed E-state index contributed by atoms with van der Waals surface area (Å²) in [6, 6.07) is 3.08. The Kier molecular flexibility index (Phi) is 4.03. The molecule has 17 heavy (non-hydrogen) atoms. The van der Waals surface area contributed by atoms with Gasteiger partial charge in [-0.15, -0.1) is 0 Å². The largest absolute Gasteiger partial charge is 0.478 e. The molecule has 1 amide bonds. The van der Waals surface area contributed by atoms with Gasteiger partial charge in [-0.25, -0.2) is 9.78 Å². The molecule has 6 nitrogen and oxygen atoms in total. The summed E-state index contributed by atoms with van der Waals surface area (Å²) in [4.78, 5) is 25.8. The first-order chi connectivity index (χ1) is 7.95. The number of carboxylic acids is 1. The van der Waals surface area contributed by atoms with Crippen LogP contribution >= 0.6 is 0 Å². The lowest BCUT2D eigenvalue weighted by Crippen LogP contribution is -2.33. The van der Waals surface area contributed by atoms with Crippen LogP contribution in [0, 0.1) is 6.92 Å². The van der Waals surface area contributed by atoms with Gasteiger partial charge in [-0.3, -0.25) is 4.79 Å². The molecule has 0 aliphatic rings. The summed E-state index contributed by atoms with van der Waals surface area (Å²) in [6.07, 6.45) is -0.486. The molecule has 92 valence electrons. The predicted octanol–water partition coefficient (Wildman–Crippen LogP) is 0.731. The zero-order chi connectivity index (χ0) is 13.0. The van der Waals surface area contributed by atoms with Crippen LogP contribution in [0.25, 0.3) is 0 Å². The second kappa shape index (κ2) is 5.29. The van der Waals surface area contributed by atoms with Crippen molar-refractivity contribution in [1.82, 2.24) is 4.98 Å². The number of aryl methyl sites for hydroxylation is 1. The Balaban J connectivity index is 3.05. The molecule has 1 heterocycles. The minimum Gasteiger partial charge on any atom is -0.478 e. The van der Waals surface area contributed by atoms with E-state index in [1.807, 2.05) is 0 Å². The molecule has 1 atom stereocenters. The Morgan fingerprint density at radius 3 is 2.65 bits per heavy atom. The third-order valence-electron chi connectivity index (χ3n) is 2.16. The van der Waals surface area contributed by atoms with E-state index in [0.29, 0.717) is 12.1 Å². The molecule has 0 aliphatic heterocycles. The zero-order valence-electron chi connectivity index (χ0n) is 9.64. The quantitative estimate of drug-likeness (QED) is 0.787. The fourth-order valence-electron chi connectivity index (χ4n) is 1.29. The summed E-state index contributed by atoms with van der Waals surface area (Å²) >= 11 is 0. The number of ether oxygens (including phenoxy) is 1. The molecule has 3 N–H and O–H groups in total. The Labute approximate surface area is 98.4 Å². The van der Waals surface area contributed by atoms with Crippen LogP contribution in [-0.2, 0) is 4.79 Å². The molecule has 0 bridgehead atoms. The van der Waals surface area contributed by atoms with Gasteiger partial charge in [0.2, 0.25) is 0 Å². The first-order valence-corrected chi connectivity index (χ1v) is 5.12. The van der Waals surface area contributed by atoms with Crippen LogP contribution in [0.4, 0.5) is 0 Å². The van der Waals surface area contributed by atoms with Gasteiger partial charge in [0.15, 0.2) is 17.5 Å². The van der Waals surface area contributed by atoms with Crippen molar-refractivity contribution in [1.29, 1.82) is 0 Å². The van der Waals surface area contributed by atoms with Gasteiger partial charge >= 0.3 is 5.97 Å². The number of aromatic nitrogens is 1. The third-order valence-corrected chi connectivity index (χ3v) is 2.16. The smallest absolute Gasteiger partial charge is 0.358 e. The first kappa shape index (κ1) is 13.0. The highest BCUT2D eigenvalue weighted by Gasteiger charge is 2.20. The highest BCUT2D eigenvalue weighted by molar-refractivity contribution is 5.89. The topological polar surface area (TPSA) is 103 Å². The van der Waals surface area contributed by atoms with Gasteiger partial charge in [-0.05, 0) is 25.5 Å². The summed E-state index contributed by atoms with van der Waals surface area (Å²) in [5.74, 6) is -1.79. The summed E-state index contributed by atoms with van der Waals surface area (Å²) in [7, 11) is 0. The van der Waals surface area contributed by atoms with E-state index in [4.69, 9.17) is 15.6 Å². The molecular weight excluding hydrogens is 224 g/mol. The number of carbonyl (C=O) groups excluding carboxylic acids is 1. The van der Waals surface area contributed by atoms with E-state index in [1.54, 1.807) is 19.9 Å². The van der Waals surface area contributed by atoms with Crippen LogP contribution in [0.2, 0.25) is 0 Å². The lowest BCUT2D eigenvalue weighted by atomic mass is 10.2. The van der Waals surface area contributed by atoms with Gasteiger partial charge in [0.25, 0.3) is 5.91 Å². The number of primary amides is 1. The standard InChI is InChI=1S/C11H14N2O4/c1-3-7(10(12)14)17-8-5-4-6(2)13-9(8)11(15)16/h4-5,7H,3H2,1-2H3,(H2,12,14)(H,15,16). The minimum atomic E-state index is -1.21. The minimum absolute atomic E-state index is 0.0498. The van der Waals surface area contributed by atoms with Crippen molar-refractivity contribution < 1.29 is 19.4 Å². The first-order valence-electron chi connectivity index (χ1n) is 5.12. The van der Waals surface area contributed by atoms with Crippen LogP contribution in [-0.4, -0.2) is 28.1 Å². The molecule has 0 aliphatic carbocycles. The fourth-order valence-corrected chi connectivity index (χ4v) is 1.29. The van der Waals surface area contributed by atoms with Crippen LogP contribution in [0.1, 0.15) is 29.5 Å². The van der Waals surface area contributed by atoms with Crippen molar-refractivity contribution >= 4 is 11.9 Å². The van der Waals surface area contributed by atoms with Crippen LogP contribution < -0.4 is 10.5 Å². The van der Waals surface area contributed by atoms with E-state index in [0.717, 1.165) is 0 Å². The van der Waals surface area contributed by atoms with Crippen molar-refractivity contribution in [3.8, 4) is 5.75 Å². The van der Waals surface area contributed by atoms with Gasteiger partial charge < -0.3 is 15.6 Å². The number of nitrogens with two attached hydrogens (primary N) is 1. The summed E-state index contributed by atoms with van der Waals surface area (Å²) < 4.78 is 5.25. The number of amides is 1. The molecule has 0 saturated heterocycles. The Morgan fingerprint density at radius 2 is 2.18 bits per heavy atom. The average molecular weight is 238 g/mol. The maximum absolute atomic E-state index is 11.0. The van der Waals surface area contributed by atoms with Gasteiger partial charge in [-0.1, -0.05) is 6.92 Å². The molecule has 1 rings (SSSR count). The predicted molar refractivity (Wildman–Crippen MR) is 59.8 cm³/mol. The van der Waals surface area contributed by atoms with Gasteiger partial charge in [0.1, 0.15) is 0 Å². The molecule has 6 heteroatoms. The average Bonchev–Trinajstić information content (AvgIpc) is 2.26. The number of aromatic carboxylic acids is 1. The normalized spacial score (nSPS) is 11.9. The van der Waals surface area contributed by atoms with E-state index < -0.39 is 18.0 Å². The Bertz CT molecular complexity index is 445. The molecule has 0 fully saturated rings. The monoisotopic (exact) mass is 238 g/mol. The summed E-state index contributed by atoms with van der Waals surface area (Å²) in [5.41, 5.74) is 5.46. The fraction of sp³-hybridized carbons (Fsp3) is 0.364. The lowest BCUT2D eigenvalue weighted by Gasteiger charge is -2.15. The van der Waals surface area contributed by atoms with Gasteiger partial charge in [-0.2, -0.15) is 0 Å². The second-order valence-corrected chi connectivity index (χ2v) is 3.52. The van der Waals surface area contributed by atoms with E-state index >= 15 is 0 Å². The van der Waals surface area contributed by atoms with Crippen molar-refractivity contribution in [3.63, 3.8) is 0 Å². The zero-order valence-corrected chi connectivity index (χ0v) is 9.64. The number of hydrogen-bond acceptors (Lipinski definition) is 4. The van der Waals surface area contributed by atoms with E-state index in [-0.39, 0.29) is 11.4 Å². The highest BCUT2D eigenvalue weighted by atomic mass is 16.5. The second-order valence-electron chi connectivity index (χ2n) is 3.52. The van der Waals surface area contributed by atoms with E-state index in [1.165, 1.54) is 6.07 Å². The van der Waals surface area contributed by atoms with Gasteiger partial charge in [0, 0.05) is 5.69 Å². The highest BCUT2D eigenvalue weighted by Crippen LogP contribution is 2.19. The molecule has 0 saturated carbocycles. The SMILES string of the molecule is CCC(Oc1ccc(C)nc1C(=O)O)C(N)=O. The number of rotatable bonds is 5. The molecule has 1 aromatic rings. The van der Waals surface area contributed by atoms with Crippen LogP contribution in [0.5, 0.6) is 5.75 Å². The van der Waals surface area contributed by atoms with E-state index in [2.05, 4.69) is 4.98 Å². The van der Waals surface area contributed by atoms with E-state index in [9.17, 15) is 9.59 Å². The molecule has 1 unspecified atom stereocenters.